The van der Waals surface area contributed by atoms with Gasteiger partial charge in [-0.25, -0.2) is 14.8 Å². The van der Waals surface area contributed by atoms with Crippen molar-refractivity contribution in [1.82, 2.24) is 20.3 Å². The van der Waals surface area contributed by atoms with Crippen molar-refractivity contribution in [1.29, 1.82) is 0 Å². The molecule has 4 rings (SSSR count). The molecule has 3 aromatic rings. The first-order valence-corrected chi connectivity index (χ1v) is 11.9. The standard InChI is InChI=1S/C26H25Cl2N5O2/c1-25(2,3)35-24(34)33-26(14-6-15-26)17-8-10-19(11-9-17)30-22-20(21(27)31-23(28)32-22)13-12-18-7-4-5-16-29-18/h4-5,7-11,16H,6,14-15H2,1-3H3,(H,33,34)(H,30,31,32). The van der Waals surface area contributed by atoms with Gasteiger partial charge in [-0.3, -0.25) is 0 Å². The molecule has 1 aliphatic rings. The topological polar surface area (TPSA) is 89.0 Å². The van der Waals surface area contributed by atoms with E-state index in [1.165, 1.54) is 0 Å². The first kappa shape index (κ1) is 24.8. The molecule has 1 amide bonds. The van der Waals surface area contributed by atoms with Crippen LogP contribution in [0.1, 0.15) is 56.9 Å². The van der Waals surface area contributed by atoms with Gasteiger partial charge in [0.2, 0.25) is 5.28 Å². The molecule has 2 N–H and O–H groups in total. The number of nitrogens with one attached hydrogen (secondary N) is 2. The second-order valence-corrected chi connectivity index (χ2v) is 9.93. The Morgan fingerprint density at radius 3 is 2.40 bits per heavy atom. The van der Waals surface area contributed by atoms with Crippen molar-refractivity contribution in [3.05, 3.63) is 75.9 Å². The summed E-state index contributed by atoms with van der Waals surface area (Å²) in [4.78, 5) is 24.9. The van der Waals surface area contributed by atoms with E-state index in [2.05, 4.69) is 37.4 Å². The number of ether oxygens (including phenoxy) is 1. The van der Waals surface area contributed by atoms with Gasteiger partial charge in [-0.15, -0.1) is 0 Å². The average Bonchev–Trinajstić information content (AvgIpc) is 2.76. The van der Waals surface area contributed by atoms with Crippen molar-refractivity contribution in [2.45, 2.75) is 51.2 Å². The van der Waals surface area contributed by atoms with E-state index in [1.54, 1.807) is 12.3 Å². The van der Waals surface area contributed by atoms with Crippen molar-refractivity contribution in [3.8, 4) is 11.8 Å². The molecule has 0 unspecified atom stereocenters. The Morgan fingerprint density at radius 2 is 1.80 bits per heavy atom. The molecule has 35 heavy (non-hydrogen) atoms. The number of hydrogen-bond acceptors (Lipinski definition) is 6. The van der Waals surface area contributed by atoms with Crippen LogP contribution in [0, 0.1) is 11.8 Å². The zero-order chi connectivity index (χ0) is 25.1. The number of halogens is 2. The highest BCUT2D eigenvalue weighted by molar-refractivity contribution is 6.33. The van der Waals surface area contributed by atoms with E-state index in [-0.39, 0.29) is 10.4 Å². The summed E-state index contributed by atoms with van der Waals surface area (Å²) in [5.74, 6) is 6.34. The third kappa shape index (κ3) is 6.21. The maximum absolute atomic E-state index is 12.4. The van der Waals surface area contributed by atoms with E-state index in [4.69, 9.17) is 27.9 Å². The number of carbonyl (C=O) groups is 1. The summed E-state index contributed by atoms with van der Waals surface area (Å²) < 4.78 is 5.46. The molecule has 0 atom stereocenters. The number of anilines is 2. The van der Waals surface area contributed by atoms with Gasteiger partial charge >= 0.3 is 6.09 Å². The summed E-state index contributed by atoms with van der Waals surface area (Å²) in [6.45, 7) is 5.55. The first-order valence-electron chi connectivity index (χ1n) is 11.2. The normalized spacial score (nSPS) is 14.2. The molecule has 0 bridgehead atoms. The molecular weight excluding hydrogens is 485 g/mol. The van der Waals surface area contributed by atoms with Crippen LogP contribution in [0.3, 0.4) is 0 Å². The fourth-order valence-electron chi connectivity index (χ4n) is 3.70. The van der Waals surface area contributed by atoms with Crippen molar-refractivity contribution >= 4 is 40.8 Å². The Morgan fingerprint density at radius 1 is 1.06 bits per heavy atom. The summed E-state index contributed by atoms with van der Waals surface area (Å²) in [5.41, 5.74) is 1.79. The van der Waals surface area contributed by atoms with Gasteiger partial charge in [0.05, 0.1) is 5.54 Å². The van der Waals surface area contributed by atoms with Gasteiger partial charge in [0, 0.05) is 11.9 Å². The van der Waals surface area contributed by atoms with Crippen LogP contribution in [0.2, 0.25) is 10.4 Å². The minimum absolute atomic E-state index is 0.00693. The lowest BCUT2D eigenvalue weighted by atomic mass is 9.72. The molecular formula is C26H25Cl2N5O2. The van der Waals surface area contributed by atoms with Crippen LogP contribution in [0.15, 0.2) is 48.7 Å². The summed E-state index contributed by atoms with van der Waals surface area (Å²) >= 11 is 12.4. The number of aromatic nitrogens is 3. The lowest BCUT2D eigenvalue weighted by molar-refractivity contribution is 0.0377. The van der Waals surface area contributed by atoms with E-state index in [0.29, 0.717) is 17.1 Å². The molecule has 0 radical (unpaired) electrons. The number of rotatable bonds is 4. The Balaban J connectivity index is 1.55. The zero-order valence-corrected chi connectivity index (χ0v) is 21.2. The largest absolute Gasteiger partial charge is 0.444 e. The highest BCUT2D eigenvalue weighted by Gasteiger charge is 2.41. The Kier molecular flexibility index (Phi) is 7.15. The summed E-state index contributed by atoms with van der Waals surface area (Å²) in [6, 6.07) is 13.2. The fraction of sp³-hybridized carbons (Fsp3) is 0.308. The number of carbonyl (C=O) groups excluding carboxylic acids is 1. The molecule has 1 saturated carbocycles. The predicted octanol–water partition coefficient (Wildman–Crippen LogP) is 6.23. The minimum atomic E-state index is -0.555. The monoisotopic (exact) mass is 509 g/mol. The lowest BCUT2D eigenvalue weighted by Gasteiger charge is -2.43. The van der Waals surface area contributed by atoms with Crippen molar-refractivity contribution < 1.29 is 9.53 Å². The van der Waals surface area contributed by atoms with Gasteiger partial charge < -0.3 is 15.4 Å². The van der Waals surface area contributed by atoms with Gasteiger partial charge in [-0.1, -0.05) is 35.7 Å². The van der Waals surface area contributed by atoms with Crippen LogP contribution >= 0.6 is 23.2 Å². The summed E-state index contributed by atoms with van der Waals surface area (Å²) in [7, 11) is 0. The third-order valence-corrected chi connectivity index (χ3v) is 5.91. The van der Waals surface area contributed by atoms with E-state index >= 15 is 0 Å². The van der Waals surface area contributed by atoms with Crippen molar-refractivity contribution in [2.75, 3.05) is 5.32 Å². The molecule has 0 saturated heterocycles. The predicted molar refractivity (Wildman–Crippen MR) is 137 cm³/mol. The van der Waals surface area contributed by atoms with Crippen LogP contribution < -0.4 is 10.6 Å². The number of nitrogens with zero attached hydrogens (tertiary/aromatic N) is 3. The van der Waals surface area contributed by atoms with E-state index < -0.39 is 17.2 Å². The first-order chi connectivity index (χ1) is 16.6. The fourth-order valence-corrected chi connectivity index (χ4v) is 4.13. The van der Waals surface area contributed by atoms with Gasteiger partial charge in [0.15, 0.2) is 11.0 Å². The molecule has 9 heteroatoms. The molecule has 7 nitrogen and oxygen atoms in total. The number of benzene rings is 1. The molecule has 1 aliphatic carbocycles. The maximum atomic E-state index is 12.4. The SMILES string of the molecule is CC(C)(C)OC(=O)NC1(c2ccc(Nc3nc(Cl)nc(Cl)c3C#Cc3ccccn3)cc2)CCC1. The second-order valence-electron chi connectivity index (χ2n) is 9.24. The molecule has 180 valence electrons. The van der Waals surface area contributed by atoms with Gasteiger partial charge in [-0.2, -0.15) is 4.98 Å². The third-order valence-electron chi connectivity index (χ3n) is 5.47. The molecule has 2 heterocycles. The number of hydrogen-bond donors (Lipinski definition) is 2. The average molecular weight is 510 g/mol. The highest BCUT2D eigenvalue weighted by atomic mass is 35.5. The van der Waals surface area contributed by atoms with E-state index in [0.717, 1.165) is 30.5 Å². The number of amides is 1. The lowest BCUT2D eigenvalue weighted by Crippen LogP contribution is -2.52. The van der Waals surface area contributed by atoms with Crippen LogP contribution in [0.5, 0.6) is 0 Å². The van der Waals surface area contributed by atoms with Crippen molar-refractivity contribution in [3.63, 3.8) is 0 Å². The summed E-state index contributed by atoms with van der Waals surface area (Å²) in [6.07, 6.45) is 3.98. The quantitative estimate of drug-likeness (QED) is 0.246. The highest BCUT2D eigenvalue weighted by Crippen LogP contribution is 2.42. The molecule has 0 aliphatic heterocycles. The molecule has 2 aromatic heterocycles. The van der Waals surface area contributed by atoms with Gasteiger partial charge in [-0.05, 0) is 87.4 Å². The molecule has 0 spiro atoms. The Bertz CT molecular complexity index is 1280. The molecule has 1 aromatic carbocycles. The zero-order valence-electron chi connectivity index (χ0n) is 19.7. The molecule has 1 fully saturated rings. The van der Waals surface area contributed by atoms with Crippen LogP contribution in [0.25, 0.3) is 0 Å². The Hall–Kier alpha value is -3.34. The van der Waals surface area contributed by atoms with Gasteiger partial charge in [0.1, 0.15) is 16.9 Å². The van der Waals surface area contributed by atoms with Crippen LogP contribution in [-0.4, -0.2) is 26.6 Å². The minimum Gasteiger partial charge on any atom is -0.444 e. The van der Waals surface area contributed by atoms with Crippen molar-refractivity contribution in [2.24, 2.45) is 0 Å². The Labute approximate surface area is 214 Å². The van der Waals surface area contributed by atoms with Crippen LogP contribution in [-0.2, 0) is 10.3 Å². The number of alkyl carbamates (subject to hydrolysis) is 1. The summed E-state index contributed by atoms with van der Waals surface area (Å²) in [5, 5.41) is 6.44. The van der Waals surface area contributed by atoms with Crippen LogP contribution in [0.4, 0.5) is 16.3 Å². The maximum Gasteiger partial charge on any atom is 0.408 e. The van der Waals surface area contributed by atoms with E-state index in [9.17, 15) is 4.79 Å². The number of pyridine rings is 1. The smallest absolute Gasteiger partial charge is 0.408 e. The second kappa shape index (κ2) is 10.1. The van der Waals surface area contributed by atoms with E-state index in [1.807, 2.05) is 57.2 Å². The van der Waals surface area contributed by atoms with Gasteiger partial charge in [0.25, 0.3) is 0 Å².